The Morgan fingerprint density at radius 1 is 0.895 bits per heavy atom. The van der Waals surface area contributed by atoms with Crippen LogP contribution in [0.5, 0.6) is 5.75 Å². The number of anilines is 1. The van der Waals surface area contributed by atoms with Gasteiger partial charge >= 0.3 is 0 Å². The molecule has 11 nitrogen and oxygen atoms in total. The molecule has 2 saturated heterocycles. The van der Waals surface area contributed by atoms with Crippen molar-refractivity contribution in [2.45, 2.75) is 18.9 Å². The molecule has 0 saturated carbocycles. The zero-order chi connectivity index (χ0) is 26.7. The Kier molecular flexibility index (Phi) is 6.09. The van der Waals surface area contributed by atoms with Gasteiger partial charge in [-0.25, -0.2) is 0 Å². The van der Waals surface area contributed by atoms with E-state index in [-0.39, 0.29) is 34.0 Å². The van der Waals surface area contributed by atoms with Gasteiger partial charge in [-0.3, -0.25) is 14.5 Å². The number of phenols is 1. The van der Waals surface area contributed by atoms with E-state index in [2.05, 4.69) is 4.90 Å². The van der Waals surface area contributed by atoms with Crippen LogP contribution in [0.1, 0.15) is 17.5 Å². The van der Waals surface area contributed by atoms with Crippen molar-refractivity contribution in [1.29, 1.82) is 0 Å². The number of aliphatic hydroxyl groups excluding tert-OH is 3. The van der Waals surface area contributed by atoms with Crippen LogP contribution in [0.2, 0.25) is 0 Å². The molecule has 1 aromatic rings. The number of primary amides is 1. The van der Waals surface area contributed by atoms with E-state index in [1.165, 1.54) is 6.07 Å². The Bertz CT molecular complexity index is 1300. The minimum atomic E-state index is -1.08. The zero-order valence-corrected chi connectivity index (χ0v) is 20.9. The lowest BCUT2D eigenvalue weighted by atomic mass is 9.64. The molecular formula is C27H31N3O8. The maximum Gasteiger partial charge on any atom is 0.256 e. The van der Waals surface area contributed by atoms with E-state index in [0.29, 0.717) is 65.4 Å². The van der Waals surface area contributed by atoms with E-state index in [1.807, 2.05) is 11.0 Å². The number of nitrogens with two attached hydrogens (primary N) is 1. The lowest BCUT2D eigenvalue weighted by Gasteiger charge is -2.46. The van der Waals surface area contributed by atoms with Crippen LogP contribution in [0, 0.1) is 11.8 Å². The molecule has 6 N–H and O–H groups in total. The largest absolute Gasteiger partial charge is 0.507 e. The molecule has 2 heterocycles. The average Bonchev–Trinajstić information content (AvgIpc) is 2.89. The number of hydrogen-bond donors (Lipinski definition) is 5. The number of rotatable bonds is 3. The second-order valence-corrected chi connectivity index (χ2v) is 10.4. The number of Topliss-reactive ketones (excluding diaryl/α,β-unsaturated/α-hetero) is 1. The first-order valence-corrected chi connectivity index (χ1v) is 12.9. The number of amides is 1. The number of morpholine rings is 2. The fraction of sp³-hybridized carbons (Fsp3) is 0.481. The topological polar surface area (TPSA) is 166 Å². The molecule has 0 aromatic heterocycles. The van der Waals surface area contributed by atoms with Gasteiger partial charge in [-0.05, 0) is 36.5 Å². The fourth-order valence-electron chi connectivity index (χ4n) is 6.79. The normalized spacial score (nSPS) is 28.3. The second kappa shape index (κ2) is 9.33. The van der Waals surface area contributed by atoms with Gasteiger partial charge in [0.1, 0.15) is 28.6 Å². The highest BCUT2D eigenvalue weighted by molar-refractivity contribution is 6.22. The molecule has 3 unspecified atom stereocenters. The maximum absolute atomic E-state index is 13.5. The number of aromatic hydroxyl groups is 1. The third-order valence-electron chi connectivity index (χ3n) is 8.46. The van der Waals surface area contributed by atoms with Crippen LogP contribution in [0.25, 0.3) is 5.76 Å². The summed E-state index contributed by atoms with van der Waals surface area (Å²) in [5.74, 6) is -4.10. The molecule has 3 atom stereocenters. The first-order valence-electron chi connectivity index (χ1n) is 12.9. The number of ether oxygens (including phenoxy) is 2. The Hall–Kier alpha value is -3.54. The predicted octanol–water partition coefficient (Wildman–Crippen LogP) is 1.08. The summed E-state index contributed by atoms with van der Waals surface area (Å²) in [5, 5.41) is 44.8. The third kappa shape index (κ3) is 3.68. The summed E-state index contributed by atoms with van der Waals surface area (Å²) in [6.07, 6.45) is 0.737. The summed E-state index contributed by atoms with van der Waals surface area (Å²) in [7, 11) is 0. The van der Waals surface area contributed by atoms with E-state index in [4.69, 9.17) is 15.2 Å². The van der Waals surface area contributed by atoms with Gasteiger partial charge in [0.2, 0.25) is 0 Å². The third-order valence-corrected chi connectivity index (χ3v) is 8.46. The Balaban J connectivity index is 1.52. The van der Waals surface area contributed by atoms with Gasteiger partial charge in [-0.1, -0.05) is 0 Å². The van der Waals surface area contributed by atoms with Crippen molar-refractivity contribution >= 4 is 23.1 Å². The van der Waals surface area contributed by atoms with Crippen molar-refractivity contribution in [2.24, 2.45) is 17.6 Å². The van der Waals surface area contributed by atoms with Crippen molar-refractivity contribution < 1.29 is 39.5 Å². The molecule has 0 bridgehead atoms. The minimum absolute atomic E-state index is 0.0277. The Labute approximate surface area is 219 Å². The van der Waals surface area contributed by atoms with E-state index >= 15 is 0 Å². The summed E-state index contributed by atoms with van der Waals surface area (Å²) in [6.45, 7) is 4.19. The molecule has 2 aliphatic heterocycles. The molecular weight excluding hydrogens is 494 g/mol. The summed E-state index contributed by atoms with van der Waals surface area (Å²) >= 11 is 0. The van der Waals surface area contributed by atoms with Crippen LogP contribution in [0.3, 0.4) is 0 Å². The molecule has 202 valence electrons. The standard InChI is InChI=1S/C27H31N3O8/c28-27(36)21-25(34)20-15(22(26(21)35)30-5-9-38-10-6-30)12-13-11-14-16(29-3-7-37-8-4-29)1-2-17(31)19(14)23(32)18(13)24(20)33/h1-2,13,15,22,31-34H,3-12H2,(H2,28,36). The van der Waals surface area contributed by atoms with Gasteiger partial charge in [-0.2, -0.15) is 0 Å². The van der Waals surface area contributed by atoms with Crippen LogP contribution in [-0.2, 0) is 25.5 Å². The molecule has 5 aliphatic rings. The number of benzene rings is 1. The quantitative estimate of drug-likeness (QED) is 0.361. The van der Waals surface area contributed by atoms with Gasteiger partial charge in [0.05, 0.1) is 38.0 Å². The first kappa shape index (κ1) is 24.8. The van der Waals surface area contributed by atoms with E-state index in [9.17, 15) is 30.0 Å². The van der Waals surface area contributed by atoms with Crippen LogP contribution >= 0.6 is 0 Å². The number of ketones is 1. The van der Waals surface area contributed by atoms with Crippen molar-refractivity contribution in [3.63, 3.8) is 0 Å². The van der Waals surface area contributed by atoms with Gasteiger partial charge in [0, 0.05) is 48.9 Å². The molecule has 0 spiro atoms. The summed E-state index contributed by atoms with van der Waals surface area (Å²) < 4.78 is 10.9. The SMILES string of the molecule is NC(=O)C1=C(O)C2=C(O)C3=C(O)c4c(O)ccc(N5CCOCC5)c4CC3CC2C(N2CCOCC2)C1=O. The summed E-state index contributed by atoms with van der Waals surface area (Å²) in [4.78, 5) is 29.9. The summed E-state index contributed by atoms with van der Waals surface area (Å²) in [6, 6.07) is 2.53. The molecule has 1 aromatic carbocycles. The van der Waals surface area contributed by atoms with Gasteiger partial charge in [0.15, 0.2) is 5.78 Å². The van der Waals surface area contributed by atoms with Crippen LogP contribution in [-0.4, -0.2) is 95.7 Å². The van der Waals surface area contributed by atoms with Crippen molar-refractivity contribution in [3.05, 3.63) is 51.5 Å². The van der Waals surface area contributed by atoms with E-state index < -0.39 is 40.9 Å². The molecule has 0 radical (unpaired) electrons. The molecule has 3 aliphatic carbocycles. The van der Waals surface area contributed by atoms with Crippen LogP contribution in [0.15, 0.2) is 40.4 Å². The predicted molar refractivity (Wildman–Crippen MR) is 136 cm³/mol. The highest BCUT2D eigenvalue weighted by atomic mass is 16.5. The van der Waals surface area contributed by atoms with Crippen LogP contribution in [0.4, 0.5) is 5.69 Å². The number of carbonyl (C=O) groups is 2. The highest BCUT2D eigenvalue weighted by Crippen LogP contribution is 2.53. The number of nitrogens with zero attached hydrogens (tertiary/aromatic N) is 2. The van der Waals surface area contributed by atoms with E-state index in [0.717, 1.165) is 11.3 Å². The zero-order valence-electron chi connectivity index (χ0n) is 20.9. The Morgan fingerprint density at radius 3 is 2.21 bits per heavy atom. The van der Waals surface area contributed by atoms with Gasteiger partial charge < -0.3 is 40.5 Å². The molecule has 11 heteroatoms. The maximum atomic E-state index is 13.5. The number of allylic oxidation sites excluding steroid dienone is 2. The monoisotopic (exact) mass is 525 g/mol. The summed E-state index contributed by atoms with van der Waals surface area (Å²) in [5.41, 5.74) is 7.04. The number of carbonyl (C=O) groups excluding carboxylic acids is 2. The number of hydrogen-bond acceptors (Lipinski definition) is 10. The Morgan fingerprint density at radius 2 is 1.55 bits per heavy atom. The van der Waals surface area contributed by atoms with Gasteiger partial charge in [-0.15, -0.1) is 0 Å². The van der Waals surface area contributed by atoms with E-state index in [1.54, 1.807) is 0 Å². The smallest absolute Gasteiger partial charge is 0.256 e. The number of fused-ring (bicyclic) bond motifs is 3. The fourth-order valence-corrected chi connectivity index (χ4v) is 6.79. The van der Waals surface area contributed by atoms with Crippen molar-refractivity contribution in [3.8, 4) is 5.75 Å². The molecule has 2 fully saturated rings. The van der Waals surface area contributed by atoms with Crippen LogP contribution < -0.4 is 10.6 Å². The highest BCUT2D eigenvalue weighted by Gasteiger charge is 2.52. The molecule has 6 rings (SSSR count). The average molecular weight is 526 g/mol. The van der Waals surface area contributed by atoms with Crippen molar-refractivity contribution in [1.82, 2.24) is 4.90 Å². The minimum Gasteiger partial charge on any atom is -0.507 e. The number of phenolic OH excluding ortho intramolecular Hbond substituents is 1. The molecule has 38 heavy (non-hydrogen) atoms. The van der Waals surface area contributed by atoms with Gasteiger partial charge in [0.25, 0.3) is 5.91 Å². The second-order valence-electron chi connectivity index (χ2n) is 10.4. The van der Waals surface area contributed by atoms with Crippen molar-refractivity contribution in [2.75, 3.05) is 57.5 Å². The molecule has 1 amide bonds. The number of aliphatic hydroxyl groups is 3. The first-order chi connectivity index (χ1) is 18.3. The lowest BCUT2D eigenvalue weighted by molar-refractivity contribution is -0.128. The lowest BCUT2D eigenvalue weighted by Crippen LogP contribution is -2.56.